The number of primary amides is 1. The molecule has 0 aromatic heterocycles. The standard InChI is InChI=1S/C14H21NO2/c1-6-17-12-10(13(15)16)7-9(2)8-11(12)14(3,4)5/h7-8H,6H2,1-5H3,(H2,15,16). The van der Waals surface area contributed by atoms with Crippen LogP contribution >= 0.6 is 0 Å². The van der Waals surface area contributed by atoms with Crippen molar-refractivity contribution in [2.75, 3.05) is 6.61 Å². The molecule has 0 atom stereocenters. The quantitative estimate of drug-likeness (QED) is 0.875. The average Bonchev–Trinajstić information content (AvgIpc) is 2.18. The lowest BCUT2D eigenvalue weighted by Crippen LogP contribution is -2.19. The molecular formula is C14H21NO2. The number of ether oxygens (including phenoxy) is 1. The van der Waals surface area contributed by atoms with Gasteiger partial charge in [-0.3, -0.25) is 4.79 Å². The predicted octanol–water partition coefficient (Wildman–Crippen LogP) is 2.79. The number of carbonyl (C=O) groups is 1. The Morgan fingerprint density at radius 1 is 1.35 bits per heavy atom. The predicted molar refractivity (Wildman–Crippen MR) is 69.6 cm³/mol. The van der Waals surface area contributed by atoms with Crippen molar-refractivity contribution in [2.45, 2.75) is 40.0 Å². The summed E-state index contributed by atoms with van der Waals surface area (Å²) < 4.78 is 5.61. The summed E-state index contributed by atoms with van der Waals surface area (Å²) in [6, 6.07) is 3.83. The Morgan fingerprint density at radius 2 is 1.94 bits per heavy atom. The molecule has 0 radical (unpaired) electrons. The van der Waals surface area contributed by atoms with Crippen LogP contribution in [0, 0.1) is 6.92 Å². The molecule has 0 saturated heterocycles. The molecule has 0 unspecified atom stereocenters. The van der Waals surface area contributed by atoms with Crippen molar-refractivity contribution in [3.8, 4) is 5.75 Å². The van der Waals surface area contributed by atoms with Gasteiger partial charge in [-0.1, -0.05) is 26.8 Å². The molecule has 0 aliphatic heterocycles. The van der Waals surface area contributed by atoms with E-state index in [-0.39, 0.29) is 5.41 Å². The molecule has 0 aliphatic rings. The Bertz CT molecular complexity index is 431. The monoisotopic (exact) mass is 235 g/mol. The molecule has 0 spiro atoms. The first kappa shape index (κ1) is 13.6. The number of nitrogens with two attached hydrogens (primary N) is 1. The molecule has 0 bridgehead atoms. The van der Waals surface area contributed by atoms with Gasteiger partial charge in [0, 0.05) is 5.56 Å². The molecule has 2 N–H and O–H groups in total. The van der Waals surface area contributed by atoms with Crippen molar-refractivity contribution in [1.29, 1.82) is 0 Å². The van der Waals surface area contributed by atoms with E-state index in [1.54, 1.807) is 6.07 Å². The van der Waals surface area contributed by atoms with Crippen LogP contribution in [-0.4, -0.2) is 12.5 Å². The zero-order valence-corrected chi connectivity index (χ0v) is 11.3. The second kappa shape index (κ2) is 4.78. The molecule has 17 heavy (non-hydrogen) atoms. The summed E-state index contributed by atoms with van der Waals surface area (Å²) in [6.45, 7) is 10.7. The number of benzene rings is 1. The fraction of sp³-hybridized carbons (Fsp3) is 0.500. The lowest BCUT2D eigenvalue weighted by molar-refractivity contribution is 0.0996. The summed E-state index contributed by atoms with van der Waals surface area (Å²) in [5, 5.41) is 0. The summed E-state index contributed by atoms with van der Waals surface area (Å²) in [6.07, 6.45) is 0. The van der Waals surface area contributed by atoms with Crippen molar-refractivity contribution in [1.82, 2.24) is 0 Å². The highest BCUT2D eigenvalue weighted by Crippen LogP contribution is 2.35. The smallest absolute Gasteiger partial charge is 0.252 e. The number of carbonyl (C=O) groups excluding carboxylic acids is 1. The van der Waals surface area contributed by atoms with E-state index >= 15 is 0 Å². The van der Waals surface area contributed by atoms with Gasteiger partial charge in [0.25, 0.3) is 5.91 Å². The first-order valence-electron chi connectivity index (χ1n) is 5.85. The Kier molecular flexibility index (Phi) is 3.81. The highest BCUT2D eigenvalue weighted by molar-refractivity contribution is 5.96. The first-order chi connectivity index (χ1) is 7.77. The Labute approximate surface area is 103 Å². The van der Waals surface area contributed by atoms with E-state index in [0.717, 1.165) is 11.1 Å². The van der Waals surface area contributed by atoms with E-state index in [2.05, 4.69) is 26.8 Å². The van der Waals surface area contributed by atoms with Crippen LogP contribution in [0.3, 0.4) is 0 Å². The molecule has 1 aromatic carbocycles. The van der Waals surface area contributed by atoms with Gasteiger partial charge in [0.05, 0.1) is 12.2 Å². The normalized spacial score (nSPS) is 11.4. The topological polar surface area (TPSA) is 52.3 Å². The molecule has 94 valence electrons. The molecule has 3 heteroatoms. The third-order valence-electron chi connectivity index (χ3n) is 2.60. The third kappa shape index (κ3) is 2.99. The van der Waals surface area contributed by atoms with Crippen molar-refractivity contribution < 1.29 is 9.53 Å². The van der Waals surface area contributed by atoms with Crippen molar-refractivity contribution in [3.63, 3.8) is 0 Å². The summed E-state index contributed by atoms with van der Waals surface area (Å²) in [5.41, 5.74) is 7.84. The minimum atomic E-state index is -0.442. The molecule has 1 amide bonds. The second-order valence-corrected chi connectivity index (χ2v) is 5.24. The van der Waals surface area contributed by atoms with Gasteiger partial charge in [-0.2, -0.15) is 0 Å². The minimum Gasteiger partial charge on any atom is -0.493 e. The summed E-state index contributed by atoms with van der Waals surface area (Å²) in [5.74, 6) is 0.181. The van der Waals surface area contributed by atoms with E-state index in [4.69, 9.17) is 10.5 Å². The molecule has 0 saturated carbocycles. The van der Waals surface area contributed by atoms with Gasteiger partial charge in [0.15, 0.2) is 0 Å². The molecule has 0 heterocycles. The Hall–Kier alpha value is -1.51. The molecule has 3 nitrogen and oxygen atoms in total. The van der Waals surface area contributed by atoms with E-state index in [1.165, 1.54) is 0 Å². The van der Waals surface area contributed by atoms with Crippen LogP contribution in [0.1, 0.15) is 49.2 Å². The molecular weight excluding hydrogens is 214 g/mol. The van der Waals surface area contributed by atoms with Gasteiger partial charge in [-0.15, -0.1) is 0 Å². The van der Waals surface area contributed by atoms with Crippen molar-refractivity contribution in [2.24, 2.45) is 5.73 Å². The van der Waals surface area contributed by atoms with Crippen LogP contribution in [0.25, 0.3) is 0 Å². The molecule has 1 rings (SSSR count). The summed E-state index contributed by atoms with van der Waals surface area (Å²) >= 11 is 0. The zero-order chi connectivity index (χ0) is 13.2. The van der Waals surface area contributed by atoms with Crippen LogP contribution in [0.15, 0.2) is 12.1 Å². The fourth-order valence-corrected chi connectivity index (χ4v) is 1.81. The van der Waals surface area contributed by atoms with Crippen LogP contribution in [0.2, 0.25) is 0 Å². The maximum Gasteiger partial charge on any atom is 0.252 e. The Balaban J connectivity index is 3.51. The number of amides is 1. The lowest BCUT2D eigenvalue weighted by Gasteiger charge is -2.24. The van der Waals surface area contributed by atoms with Crippen LogP contribution in [-0.2, 0) is 5.41 Å². The molecule has 1 aromatic rings. The van der Waals surface area contributed by atoms with Gasteiger partial charge in [-0.05, 0) is 30.9 Å². The lowest BCUT2D eigenvalue weighted by atomic mass is 9.84. The molecule has 0 aliphatic carbocycles. The van der Waals surface area contributed by atoms with E-state index in [9.17, 15) is 4.79 Å². The van der Waals surface area contributed by atoms with Gasteiger partial charge in [0.2, 0.25) is 0 Å². The van der Waals surface area contributed by atoms with E-state index in [0.29, 0.717) is 17.9 Å². The van der Waals surface area contributed by atoms with Gasteiger partial charge in [-0.25, -0.2) is 0 Å². The van der Waals surface area contributed by atoms with Crippen molar-refractivity contribution >= 4 is 5.91 Å². The maximum absolute atomic E-state index is 11.5. The largest absolute Gasteiger partial charge is 0.493 e. The number of hydrogen-bond acceptors (Lipinski definition) is 2. The van der Waals surface area contributed by atoms with Crippen LogP contribution in [0.4, 0.5) is 0 Å². The average molecular weight is 235 g/mol. The third-order valence-corrected chi connectivity index (χ3v) is 2.60. The highest BCUT2D eigenvalue weighted by atomic mass is 16.5. The highest BCUT2D eigenvalue weighted by Gasteiger charge is 2.23. The SMILES string of the molecule is CCOc1c(C(N)=O)cc(C)cc1C(C)(C)C. The maximum atomic E-state index is 11.5. The first-order valence-corrected chi connectivity index (χ1v) is 5.85. The zero-order valence-electron chi connectivity index (χ0n) is 11.3. The Morgan fingerprint density at radius 3 is 2.35 bits per heavy atom. The van der Waals surface area contributed by atoms with Gasteiger partial charge < -0.3 is 10.5 Å². The van der Waals surface area contributed by atoms with E-state index in [1.807, 2.05) is 13.8 Å². The van der Waals surface area contributed by atoms with Gasteiger partial charge >= 0.3 is 0 Å². The number of aryl methyl sites for hydroxylation is 1. The number of hydrogen-bond donors (Lipinski definition) is 1. The fourth-order valence-electron chi connectivity index (χ4n) is 1.81. The second-order valence-electron chi connectivity index (χ2n) is 5.24. The van der Waals surface area contributed by atoms with Gasteiger partial charge in [0.1, 0.15) is 5.75 Å². The van der Waals surface area contributed by atoms with Crippen LogP contribution < -0.4 is 10.5 Å². The summed E-state index contributed by atoms with van der Waals surface area (Å²) in [7, 11) is 0. The molecule has 0 fully saturated rings. The number of rotatable bonds is 3. The summed E-state index contributed by atoms with van der Waals surface area (Å²) in [4.78, 5) is 11.5. The van der Waals surface area contributed by atoms with Crippen molar-refractivity contribution in [3.05, 3.63) is 28.8 Å². The van der Waals surface area contributed by atoms with E-state index < -0.39 is 5.91 Å². The van der Waals surface area contributed by atoms with Crippen LogP contribution in [0.5, 0.6) is 5.75 Å². The minimum absolute atomic E-state index is 0.0826.